The van der Waals surface area contributed by atoms with E-state index in [0.717, 1.165) is 41.3 Å². The van der Waals surface area contributed by atoms with Crippen molar-refractivity contribution in [2.75, 3.05) is 18.8 Å². The van der Waals surface area contributed by atoms with E-state index in [-0.39, 0.29) is 0 Å². The molecular weight excluding hydrogens is 426 g/mol. The molecule has 0 spiro atoms. The first-order chi connectivity index (χ1) is 15.5. The van der Waals surface area contributed by atoms with Gasteiger partial charge in [-0.05, 0) is 42.7 Å². The number of piperidine rings is 1. The number of rotatable bonds is 5. The Bertz CT molecular complexity index is 1360. The molecule has 8 nitrogen and oxygen atoms in total. The van der Waals surface area contributed by atoms with Crippen LogP contribution in [0.1, 0.15) is 30.7 Å². The van der Waals surface area contributed by atoms with Crippen molar-refractivity contribution in [3.63, 3.8) is 0 Å². The van der Waals surface area contributed by atoms with Gasteiger partial charge in [-0.25, -0.2) is 13.4 Å². The molecule has 0 radical (unpaired) electrons. The first kappa shape index (κ1) is 20.6. The zero-order valence-corrected chi connectivity index (χ0v) is 18.3. The zero-order chi connectivity index (χ0) is 22.1. The lowest BCUT2D eigenvalue weighted by Crippen LogP contribution is -2.35. The Hall–Kier alpha value is -3.30. The molecule has 2 aromatic carbocycles. The second-order valence-corrected chi connectivity index (χ2v) is 9.85. The fourth-order valence-electron chi connectivity index (χ4n) is 4.03. The number of nitrogens with two attached hydrogens (primary N) is 1. The van der Waals surface area contributed by atoms with Gasteiger partial charge >= 0.3 is 0 Å². The van der Waals surface area contributed by atoms with Crippen molar-refractivity contribution in [1.82, 2.24) is 19.4 Å². The minimum absolute atomic E-state index is 0.313. The van der Waals surface area contributed by atoms with E-state index in [1.165, 1.54) is 0 Å². The van der Waals surface area contributed by atoms with Gasteiger partial charge in [0.25, 0.3) is 0 Å². The first-order valence-corrected chi connectivity index (χ1v) is 12.0. The minimum atomic E-state index is -3.44. The van der Waals surface area contributed by atoms with Crippen molar-refractivity contribution in [1.29, 1.82) is 0 Å². The predicted octanol–water partition coefficient (Wildman–Crippen LogP) is 3.63. The van der Waals surface area contributed by atoms with Crippen molar-refractivity contribution < 1.29 is 12.9 Å². The predicted molar refractivity (Wildman–Crippen MR) is 121 cm³/mol. The summed E-state index contributed by atoms with van der Waals surface area (Å²) in [4.78, 5) is 9.17. The highest BCUT2D eigenvalue weighted by atomic mass is 32.2. The summed E-state index contributed by atoms with van der Waals surface area (Å²) in [5, 5.41) is 5.01. The van der Waals surface area contributed by atoms with Gasteiger partial charge in [0.1, 0.15) is 5.82 Å². The van der Waals surface area contributed by atoms with E-state index in [9.17, 15) is 8.42 Å². The second-order valence-electron chi connectivity index (χ2n) is 7.91. The van der Waals surface area contributed by atoms with Gasteiger partial charge in [0.2, 0.25) is 21.7 Å². The number of fused-ring (bicyclic) bond motifs is 1. The molecule has 0 aliphatic carbocycles. The van der Waals surface area contributed by atoms with Crippen LogP contribution in [0.5, 0.6) is 0 Å². The van der Waals surface area contributed by atoms with Gasteiger partial charge in [0, 0.05) is 24.0 Å². The topological polar surface area (TPSA) is 115 Å². The Morgan fingerprint density at radius 2 is 1.72 bits per heavy atom. The monoisotopic (exact) mass is 449 g/mol. The molecule has 2 aromatic heterocycles. The first-order valence-electron chi connectivity index (χ1n) is 10.6. The highest BCUT2D eigenvalue weighted by Crippen LogP contribution is 2.28. The van der Waals surface area contributed by atoms with Crippen molar-refractivity contribution in [3.8, 4) is 11.4 Å². The normalized spacial score (nSPS) is 15.2. The molecule has 9 heteroatoms. The Labute approximate surface area is 186 Å². The Kier molecular flexibility index (Phi) is 5.36. The van der Waals surface area contributed by atoms with Gasteiger partial charge in [-0.3, -0.25) is 0 Å². The number of nitrogens with zero attached hydrogens (tertiary/aromatic N) is 4. The summed E-state index contributed by atoms with van der Waals surface area (Å²) in [6.07, 6.45) is 3.30. The van der Waals surface area contributed by atoms with Crippen LogP contribution in [-0.4, -0.2) is 40.9 Å². The Morgan fingerprint density at radius 3 is 2.50 bits per heavy atom. The van der Waals surface area contributed by atoms with Crippen LogP contribution < -0.4 is 5.73 Å². The van der Waals surface area contributed by atoms with Crippen LogP contribution >= 0.6 is 0 Å². The molecule has 1 fully saturated rings. The van der Waals surface area contributed by atoms with E-state index in [4.69, 9.17) is 10.3 Å². The highest BCUT2D eigenvalue weighted by molar-refractivity contribution is 7.89. The second kappa shape index (κ2) is 8.33. The summed E-state index contributed by atoms with van der Waals surface area (Å²) in [7, 11) is -3.44. The van der Waals surface area contributed by atoms with Gasteiger partial charge in [0.15, 0.2) is 0 Å². The maximum absolute atomic E-state index is 12.8. The van der Waals surface area contributed by atoms with Gasteiger partial charge in [-0.2, -0.15) is 9.29 Å². The Balaban J connectivity index is 1.36. The van der Waals surface area contributed by atoms with E-state index in [0.29, 0.717) is 41.9 Å². The van der Waals surface area contributed by atoms with Gasteiger partial charge in [-0.1, -0.05) is 41.9 Å². The molecule has 0 saturated carbocycles. The molecule has 0 amide bonds. The number of pyridine rings is 1. The largest absolute Gasteiger partial charge is 0.384 e. The van der Waals surface area contributed by atoms with Crippen LogP contribution in [0, 0.1) is 0 Å². The SMILES string of the molecule is Nc1cc(-c2noc(Cc3ccc(S(=O)(=O)N4CCCCC4)cc3)n2)c2ccccc2n1. The lowest BCUT2D eigenvalue weighted by atomic mass is 10.1. The summed E-state index contributed by atoms with van der Waals surface area (Å²) >= 11 is 0. The fraction of sp³-hybridized carbons (Fsp3) is 0.261. The zero-order valence-electron chi connectivity index (χ0n) is 17.4. The molecule has 3 heterocycles. The smallest absolute Gasteiger partial charge is 0.243 e. The number of aromatic nitrogens is 3. The van der Waals surface area contributed by atoms with Crippen molar-refractivity contribution in [2.24, 2.45) is 0 Å². The van der Waals surface area contributed by atoms with E-state index in [1.807, 2.05) is 24.3 Å². The van der Waals surface area contributed by atoms with Crippen LogP contribution in [0.4, 0.5) is 5.82 Å². The number of hydrogen-bond donors (Lipinski definition) is 1. The summed E-state index contributed by atoms with van der Waals surface area (Å²) in [6.45, 7) is 1.17. The van der Waals surface area contributed by atoms with Gasteiger partial charge in [0.05, 0.1) is 16.8 Å². The molecule has 1 aliphatic heterocycles. The van der Waals surface area contributed by atoms with Crippen molar-refractivity contribution in [3.05, 3.63) is 66.1 Å². The number of anilines is 1. The third-order valence-corrected chi connectivity index (χ3v) is 7.59. The number of nitrogen functional groups attached to an aromatic ring is 1. The van der Waals surface area contributed by atoms with E-state index >= 15 is 0 Å². The molecule has 5 rings (SSSR count). The maximum Gasteiger partial charge on any atom is 0.243 e. The molecule has 0 bridgehead atoms. The standard InChI is InChI=1S/C23H23N5O3S/c24-21-15-19(18-6-2-3-7-20(18)25-21)23-26-22(31-27-23)14-16-8-10-17(11-9-16)32(29,30)28-12-4-1-5-13-28/h2-3,6-11,15H,1,4-5,12-14H2,(H2,24,25). The summed E-state index contributed by atoms with van der Waals surface area (Å²) < 4.78 is 32.7. The average Bonchev–Trinajstić information content (AvgIpc) is 3.28. The van der Waals surface area contributed by atoms with Crippen LogP contribution in [-0.2, 0) is 16.4 Å². The molecule has 1 saturated heterocycles. The summed E-state index contributed by atoms with van der Waals surface area (Å²) in [6, 6.07) is 16.3. The van der Waals surface area contributed by atoms with Crippen LogP contribution in [0.3, 0.4) is 0 Å². The molecule has 2 N–H and O–H groups in total. The number of benzene rings is 2. The molecule has 4 aromatic rings. The molecular formula is C23H23N5O3S. The number of para-hydroxylation sites is 1. The molecule has 32 heavy (non-hydrogen) atoms. The van der Waals surface area contributed by atoms with E-state index in [1.54, 1.807) is 34.6 Å². The minimum Gasteiger partial charge on any atom is -0.384 e. The highest BCUT2D eigenvalue weighted by Gasteiger charge is 2.25. The maximum atomic E-state index is 12.8. The van der Waals surface area contributed by atoms with Gasteiger partial charge < -0.3 is 10.3 Å². The van der Waals surface area contributed by atoms with E-state index in [2.05, 4.69) is 15.1 Å². The third-order valence-electron chi connectivity index (χ3n) is 5.68. The molecule has 1 aliphatic rings. The van der Waals surface area contributed by atoms with Crippen LogP contribution in [0.15, 0.2) is 64.0 Å². The molecule has 164 valence electrons. The lowest BCUT2D eigenvalue weighted by Gasteiger charge is -2.25. The molecule has 0 unspecified atom stereocenters. The lowest BCUT2D eigenvalue weighted by molar-refractivity contribution is 0.346. The van der Waals surface area contributed by atoms with E-state index < -0.39 is 10.0 Å². The fourth-order valence-corrected chi connectivity index (χ4v) is 5.54. The summed E-state index contributed by atoms with van der Waals surface area (Å²) in [5.74, 6) is 1.26. The van der Waals surface area contributed by atoms with Gasteiger partial charge in [-0.15, -0.1) is 0 Å². The quantitative estimate of drug-likeness (QED) is 0.495. The van der Waals surface area contributed by atoms with Crippen LogP contribution in [0.2, 0.25) is 0 Å². The van der Waals surface area contributed by atoms with Crippen molar-refractivity contribution >= 4 is 26.7 Å². The Morgan fingerprint density at radius 1 is 0.969 bits per heavy atom. The molecule has 0 atom stereocenters. The summed E-state index contributed by atoms with van der Waals surface area (Å²) in [5.41, 5.74) is 8.35. The number of hydrogen-bond acceptors (Lipinski definition) is 7. The average molecular weight is 450 g/mol. The van der Waals surface area contributed by atoms with Crippen LogP contribution in [0.25, 0.3) is 22.3 Å². The van der Waals surface area contributed by atoms with Crippen molar-refractivity contribution in [2.45, 2.75) is 30.6 Å². The number of sulfonamides is 1. The third kappa shape index (κ3) is 3.96.